The fourth-order valence-corrected chi connectivity index (χ4v) is 3.13. The molecule has 0 amide bonds. The monoisotopic (exact) mass is 326 g/mol. The molecule has 0 bridgehead atoms. The Kier molecular flexibility index (Phi) is 4.15. The molecule has 1 aliphatic carbocycles. The number of anilines is 2. The number of hydrogen-bond donors (Lipinski definition) is 1. The first-order valence-electron chi connectivity index (χ1n) is 8.51. The maximum atomic E-state index is 5.14. The van der Waals surface area contributed by atoms with E-state index in [-0.39, 0.29) is 0 Å². The van der Waals surface area contributed by atoms with Gasteiger partial charge in [0.2, 0.25) is 5.88 Å². The molecule has 7 heteroatoms. The number of nitrogens with one attached hydrogen (secondary N) is 1. The molecule has 1 saturated heterocycles. The van der Waals surface area contributed by atoms with E-state index >= 15 is 0 Å². The number of nitrogens with zero attached hydrogens (tertiary/aromatic N) is 5. The lowest BCUT2D eigenvalue weighted by atomic mass is 10.0. The average molecular weight is 326 g/mol. The van der Waals surface area contributed by atoms with Gasteiger partial charge >= 0.3 is 0 Å². The van der Waals surface area contributed by atoms with Gasteiger partial charge in [-0.05, 0) is 25.7 Å². The number of piperidine rings is 1. The van der Waals surface area contributed by atoms with Gasteiger partial charge in [0.05, 0.1) is 7.11 Å². The zero-order valence-electron chi connectivity index (χ0n) is 13.9. The van der Waals surface area contributed by atoms with Crippen molar-refractivity contribution in [3.05, 3.63) is 30.5 Å². The van der Waals surface area contributed by atoms with E-state index in [9.17, 15) is 0 Å². The van der Waals surface area contributed by atoms with Crippen molar-refractivity contribution < 1.29 is 4.74 Å². The van der Waals surface area contributed by atoms with Crippen molar-refractivity contribution in [2.24, 2.45) is 0 Å². The van der Waals surface area contributed by atoms with Crippen LogP contribution in [0.2, 0.25) is 0 Å². The lowest BCUT2D eigenvalue weighted by molar-refractivity contribution is 0.397. The summed E-state index contributed by atoms with van der Waals surface area (Å²) in [7, 11) is 1.61. The predicted molar refractivity (Wildman–Crippen MR) is 91.4 cm³/mol. The molecule has 0 aromatic carbocycles. The van der Waals surface area contributed by atoms with E-state index in [0.717, 1.165) is 37.6 Å². The zero-order valence-corrected chi connectivity index (χ0v) is 13.9. The Morgan fingerprint density at radius 1 is 1.00 bits per heavy atom. The minimum atomic E-state index is 0.408. The SMILES string of the molecule is COc1cc(NC2CCN(c3cc(C4CC4)ncn3)CC2)ncn1. The largest absolute Gasteiger partial charge is 0.481 e. The molecule has 2 aromatic heterocycles. The average Bonchev–Trinajstić information content (AvgIpc) is 3.48. The van der Waals surface area contributed by atoms with E-state index in [4.69, 9.17) is 4.74 Å². The molecular weight excluding hydrogens is 304 g/mol. The van der Waals surface area contributed by atoms with Crippen LogP contribution in [0.25, 0.3) is 0 Å². The van der Waals surface area contributed by atoms with Gasteiger partial charge in [0.15, 0.2) is 0 Å². The van der Waals surface area contributed by atoms with Gasteiger partial charge in [0.25, 0.3) is 0 Å². The summed E-state index contributed by atoms with van der Waals surface area (Å²) in [6.07, 6.45) is 7.87. The molecule has 2 aliphatic rings. The predicted octanol–water partition coefficient (Wildman–Crippen LogP) is 2.23. The summed E-state index contributed by atoms with van der Waals surface area (Å²) in [4.78, 5) is 19.5. The molecule has 0 unspecified atom stereocenters. The second-order valence-corrected chi connectivity index (χ2v) is 6.43. The first kappa shape index (κ1) is 15.1. The van der Waals surface area contributed by atoms with Crippen LogP contribution in [0.1, 0.15) is 37.3 Å². The van der Waals surface area contributed by atoms with Gasteiger partial charge in [-0.15, -0.1) is 0 Å². The third kappa shape index (κ3) is 3.39. The Bertz CT molecular complexity index is 697. The van der Waals surface area contributed by atoms with Crippen LogP contribution in [0.3, 0.4) is 0 Å². The molecule has 0 radical (unpaired) electrons. The molecule has 126 valence electrons. The number of rotatable bonds is 5. The smallest absolute Gasteiger partial charge is 0.218 e. The summed E-state index contributed by atoms with van der Waals surface area (Å²) in [6, 6.07) is 4.41. The summed E-state index contributed by atoms with van der Waals surface area (Å²) in [6.45, 7) is 1.97. The van der Waals surface area contributed by atoms with Crippen LogP contribution in [0.15, 0.2) is 24.8 Å². The summed E-state index contributed by atoms with van der Waals surface area (Å²) in [5.74, 6) is 3.13. The molecule has 3 heterocycles. The summed E-state index contributed by atoms with van der Waals surface area (Å²) in [5, 5.41) is 3.48. The minimum absolute atomic E-state index is 0.408. The van der Waals surface area contributed by atoms with Crippen LogP contribution in [0.4, 0.5) is 11.6 Å². The van der Waals surface area contributed by atoms with Crippen molar-refractivity contribution in [3.8, 4) is 5.88 Å². The van der Waals surface area contributed by atoms with Crippen LogP contribution in [0, 0.1) is 0 Å². The highest BCUT2D eigenvalue weighted by Crippen LogP contribution is 2.39. The van der Waals surface area contributed by atoms with Crippen molar-refractivity contribution in [3.63, 3.8) is 0 Å². The van der Waals surface area contributed by atoms with Gasteiger partial charge < -0.3 is 15.0 Å². The van der Waals surface area contributed by atoms with Gasteiger partial charge in [-0.3, -0.25) is 0 Å². The zero-order chi connectivity index (χ0) is 16.4. The van der Waals surface area contributed by atoms with Gasteiger partial charge in [0.1, 0.15) is 24.3 Å². The van der Waals surface area contributed by atoms with Crippen molar-refractivity contribution in [2.75, 3.05) is 30.4 Å². The van der Waals surface area contributed by atoms with Crippen LogP contribution in [-0.4, -0.2) is 46.2 Å². The number of ether oxygens (including phenoxy) is 1. The maximum absolute atomic E-state index is 5.14. The van der Waals surface area contributed by atoms with Crippen molar-refractivity contribution in [1.82, 2.24) is 19.9 Å². The van der Waals surface area contributed by atoms with Gasteiger partial charge in [-0.25, -0.2) is 19.9 Å². The normalized spacial score (nSPS) is 18.5. The van der Waals surface area contributed by atoms with E-state index in [1.807, 2.05) is 6.07 Å². The Labute approximate surface area is 141 Å². The van der Waals surface area contributed by atoms with Crippen molar-refractivity contribution in [1.29, 1.82) is 0 Å². The van der Waals surface area contributed by atoms with Crippen molar-refractivity contribution >= 4 is 11.6 Å². The Balaban J connectivity index is 1.35. The minimum Gasteiger partial charge on any atom is -0.481 e. The highest BCUT2D eigenvalue weighted by atomic mass is 16.5. The third-order valence-corrected chi connectivity index (χ3v) is 4.69. The van der Waals surface area contributed by atoms with Gasteiger partial charge in [-0.1, -0.05) is 0 Å². The molecule has 2 aromatic rings. The summed E-state index contributed by atoms with van der Waals surface area (Å²) in [5.41, 5.74) is 1.20. The van der Waals surface area contributed by atoms with E-state index in [0.29, 0.717) is 17.8 Å². The molecule has 1 aliphatic heterocycles. The number of methoxy groups -OCH3 is 1. The fourth-order valence-electron chi connectivity index (χ4n) is 3.13. The van der Waals surface area contributed by atoms with Gasteiger partial charge in [0, 0.05) is 42.9 Å². The van der Waals surface area contributed by atoms with Crippen LogP contribution >= 0.6 is 0 Å². The summed E-state index contributed by atoms with van der Waals surface area (Å²) < 4.78 is 5.14. The molecule has 0 spiro atoms. The second-order valence-electron chi connectivity index (χ2n) is 6.43. The molecule has 24 heavy (non-hydrogen) atoms. The Morgan fingerprint density at radius 3 is 2.54 bits per heavy atom. The van der Waals surface area contributed by atoms with E-state index in [1.54, 1.807) is 13.4 Å². The second kappa shape index (κ2) is 6.59. The molecule has 1 N–H and O–H groups in total. The Morgan fingerprint density at radius 2 is 1.79 bits per heavy atom. The van der Waals surface area contributed by atoms with Gasteiger partial charge in [-0.2, -0.15) is 0 Å². The first-order chi connectivity index (χ1) is 11.8. The molecule has 0 atom stereocenters. The lowest BCUT2D eigenvalue weighted by Gasteiger charge is -2.33. The molecule has 7 nitrogen and oxygen atoms in total. The summed E-state index contributed by atoms with van der Waals surface area (Å²) >= 11 is 0. The maximum Gasteiger partial charge on any atom is 0.218 e. The number of aromatic nitrogens is 4. The van der Waals surface area contributed by atoms with Crippen LogP contribution in [-0.2, 0) is 0 Å². The van der Waals surface area contributed by atoms with Crippen LogP contribution < -0.4 is 15.0 Å². The quantitative estimate of drug-likeness (QED) is 0.903. The highest BCUT2D eigenvalue weighted by molar-refractivity contribution is 5.42. The molecular formula is C17H22N6O. The Hall–Kier alpha value is -2.44. The molecule has 1 saturated carbocycles. The molecule has 2 fully saturated rings. The first-order valence-corrected chi connectivity index (χ1v) is 8.51. The number of hydrogen-bond acceptors (Lipinski definition) is 7. The third-order valence-electron chi connectivity index (χ3n) is 4.69. The topological polar surface area (TPSA) is 76.1 Å². The van der Waals surface area contributed by atoms with Crippen molar-refractivity contribution in [2.45, 2.75) is 37.6 Å². The lowest BCUT2D eigenvalue weighted by Crippen LogP contribution is -2.39. The highest BCUT2D eigenvalue weighted by Gasteiger charge is 2.26. The van der Waals surface area contributed by atoms with E-state index < -0.39 is 0 Å². The van der Waals surface area contributed by atoms with E-state index in [2.05, 4.69) is 36.2 Å². The fraction of sp³-hybridized carbons (Fsp3) is 0.529. The molecule has 4 rings (SSSR count). The standard InChI is InChI=1S/C17H22N6O/c1-24-17-9-15(19-11-21-17)22-13-4-6-23(7-5-13)16-8-14(12-2-3-12)18-10-20-16/h8-13H,2-7H2,1H3,(H,19,21,22). The van der Waals surface area contributed by atoms with Crippen LogP contribution in [0.5, 0.6) is 5.88 Å². The van der Waals surface area contributed by atoms with E-state index in [1.165, 1.54) is 24.9 Å².